The van der Waals surface area contributed by atoms with Crippen molar-refractivity contribution in [1.29, 1.82) is 0 Å². The van der Waals surface area contributed by atoms with Crippen molar-refractivity contribution in [1.82, 2.24) is 19.8 Å². The van der Waals surface area contributed by atoms with Crippen LogP contribution in [0.5, 0.6) is 0 Å². The van der Waals surface area contributed by atoms with Crippen LogP contribution in [0.2, 0.25) is 0 Å². The van der Waals surface area contributed by atoms with E-state index in [1.807, 2.05) is 20.8 Å². The van der Waals surface area contributed by atoms with Gasteiger partial charge in [0.05, 0.1) is 17.8 Å². The fourth-order valence-electron chi connectivity index (χ4n) is 2.18. The first-order chi connectivity index (χ1) is 8.82. The molecular formula is C12H20N4O2S. The van der Waals surface area contributed by atoms with E-state index < -0.39 is 6.10 Å². The maximum absolute atomic E-state index is 12.5. The van der Waals surface area contributed by atoms with Crippen molar-refractivity contribution in [2.45, 2.75) is 38.3 Å². The van der Waals surface area contributed by atoms with Gasteiger partial charge < -0.3 is 15.3 Å². The Morgan fingerprint density at radius 3 is 2.68 bits per heavy atom. The highest BCUT2D eigenvalue weighted by Gasteiger charge is 2.35. The zero-order valence-corrected chi connectivity index (χ0v) is 12.5. The number of β-amino-alcohol motifs (C(OH)–C–C–N with tert-alkyl or cyclic N) is 1. The number of aliphatic hydroxyl groups is 1. The van der Waals surface area contributed by atoms with Crippen molar-refractivity contribution in [2.24, 2.45) is 0 Å². The van der Waals surface area contributed by atoms with Crippen LogP contribution in [0.15, 0.2) is 0 Å². The summed E-state index contributed by atoms with van der Waals surface area (Å²) >= 11 is 1.12. The third-order valence-corrected chi connectivity index (χ3v) is 4.08. The van der Waals surface area contributed by atoms with Crippen LogP contribution in [0.25, 0.3) is 0 Å². The first-order valence-electron chi connectivity index (χ1n) is 6.31. The lowest BCUT2D eigenvalue weighted by Gasteiger charge is -2.27. The molecule has 0 saturated carbocycles. The number of nitrogens with zero attached hydrogens (tertiary/aromatic N) is 3. The van der Waals surface area contributed by atoms with Gasteiger partial charge in [-0.15, -0.1) is 5.10 Å². The summed E-state index contributed by atoms with van der Waals surface area (Å²) in [5, 5.41) is 17.0. The molecule has 0 radical (unpaired) electrons. The van der Waals surface area contributed by atoms with Gasteiger partial charge in [-0.2, -0.15) is 0 Å². The molecule has 2 heterocycles. The van der Waals surface area contributed by atoms with Crippen molar-refractivity contribution in [3.63, 3.8) is 0 Å². The third kappa shape index (κ3) is 2.77. The molecule has 1 aliphatic heterocycles. The van der Waals surface area contributed by atoms with Crippen LogP contribution in [-0.4, -0.2) is 57.8 Å². The summed E-state index contributed by atoms with van der Waals surface area (Å²) in [6, 6.07) is -0.192. The van der Waals surface area contributed by atoms with Crippen LogP contribution in [0.3, 0.4) is 0 Å². The minimum Gasteiger partial charge on any atom is -0.390 e. The first kappa shape index (κ1) is 14.4. The van der Waals surface area contributed by atoms with Crippen molar-refractivity contribution >= 4 is 17.4 Å². The second-order valence-electron chi connectivity index (χ2n) is 5.91. The highest BCUT2D eigenvalue weighted by atomic mass is 32.1. The van der Waals surface area contributed by atoms with E-state index in [1.54, 1.807) is 11.9 Å². The molecule has 2 atom stereocenters. The van der Waals surface area contributed by atoms with E-state index in [4.69, 9.17) is 0 Å². The van der Waals surface area contributed by atoms with Crippen LogP contribution in [0, 0.1) is 0 Å². The molecule has 1 aliphatic rings. The van der Waals surface area contributed by atoms with Gasteiger partial charge in [0.2, 0.25) is 0 Å². The molecule has 1 aromatic heterocycles. The first-order valence-corrected chi connectivity index (χ1v) is 7.08. The number of carbonyl (C=O) groups is 1. The Labute approximate surface area is 117 Å². The van der Waals surface area contributed by atoms with Crippen LogP contribution in [-0.2, 0) is 5.41 Å². The summed E-state index contributed by atoms with van der Waals surface area (Å²) in [5.41, 5.74) is 0.501. The molecule has 19 heavy (non-hydrogen) atoms. The SMILES string of the molecule is CN(C(=O)c1snnc1C(C)(C)C)[C@H]1CNC[C@@H]1O. The van der Waals surface area contributed by atoms with E-state index in [0.717, 1.165) is 17.2 Å². The number of aromatic nitrogens is 2. The van der Waals surface area contributed by atoms with Gasteiger partial charge in [0, 0.05) is 25.6 Å². The number of likely N-dealkylation sites (N-methyl/N-ethyl adjacent to an activating group) is 1. The quantitative estimate of drug-likeness (QED) is 0.813. The van der Waals surface area contributed by atoms with Crippen LogP contribution in [0.4, 0.5) is 0 Å². The molecule has 7 heteroatoms. The summed E-state index contributed by atoms with van der Waals surface area (Å²) in [7, 11) is 1.72. The van der Waals surface area contributed by atoms with Crippen molar-refractivity contribution < 1.29 is 9.90 Å². The number of hydrogen-bond donors (Lipinski definition) is 2. The minimum atomic E-state index is -0.520. The normalized spacial score (nSPS) is 23.6. The zero-order chi connectivity index (χ0) is 14.2. The molecule has 0 spiro atoms. The molecule has 2 N–H and O–H groups in total. The van der Waals surface area contributed by atoms with Gasteiger partial charge >= 0.3 is 0 Å². The average molecular weight is 284 g/mol. The molecule has 0 bridgehead atoms. The van der Waals surface area contributed by atoms with Gasteiger partial charge in [-0.3, -0.25) is 4.79 Å². The Hall–Kier alpha value is -1.05. The largest absolute Gasteiger partial charge is 0.390 e. The predicted octanol–water partition coefficient (Wildman–Crippen LogP) is 0.240. The van der Waals surface area contributed by atoms with Crippen molar-refractivity contribution in [3.05, 3.63) is 10.6 Å². The van der Waals surface area contributed by atoms with Gasteiger partial charge in [-0.1, -0.05) is 25.3 Å². The van der Waals surface area contributed by atoms with Crippen molar-refractivity contribution in [3.8, 4) is 0 Å². The second-order valence-corrected chi connectivity index (χ2v) is 6.66. The highest BCUT2D eigenvalue weighted by Crippen LogP contribution is 2.27. The third-order valence-electron chi connectivity index (χ3n) is 3.36. The maximum Gasteiger partial charge on any atom is 0.267 e. The Balaban J connectivity index is 2.23. The van der Waals surface area contributed by atoms with Crippen LogP contribution < -0.4 is 5.32 Å². The van der Waals surface area contributed by atoms with E-state index in [2.05, 4.69) is 14.9 Å². The number of rotatable bonds is 2. The minimum absolute atomic E-state index is 0.118. The number of aliphatic hydroxyl groups excluding tert-OH is 1. The highest BCUT2D eigenvalue weighted by molar-refractivity contribution is 7.08. The van der Waals surface area contributed by atoms with Gasteiger partial charge in [0.25, 0.3) is 5.91 Å². The Kier molecular flexibility index (Phi) is 3.89. The van der Waals surface area contributed by atoms with Crippen LogP contribution in [0.1, 0.15) is 36.1 Å². The maximum atomic E-state index is 12.5. The van der Waals surface area contributed by atoms with E-state index in [-0.39, 0.29) is 17.4 Å². The summed E-state index contributed by atoms with van der Waals surface area (Å²) in [6.45, 7) is 7.15. The lowest BCUT2D eigenvalue weighted by Crippen LogP contribution is -2.44. The average Bonchev–Trinajstić information content (AvgIpc) is 2.94. The van der Waals surface area contributed by atoms with E-state index in [1.165, 1.54) is 0 Å². The number of hydrogen-bond acceptors (Lipinski definition) is 6. The number of nitrogens with one attached hydrogen (secondary N) is 1. The lowest BCUT2D eigenvalue weighted by atomic mass is 9.91. The Bertz CT molecular complexity index is 469. The molecule has 1 aromatic rings. The number of carbonyl (C=O) groups excluding carboxylic acids is 1. The molecule has 0 aliphatic carbocycles. The zero-order valence-electron chi connectivity index (χ0n) is 11.7. The molecular weight excluding hydrogens is 264 g/mol. The van der Waals surface area contributed by atoms with Gasteiger partial charge in [0.1, 0.15) is 4.88 Å². The fraction of sp³-hybridized carbons (Fsp3) is 0.750. The lowest BCUT2D eigenvalue weighted by molar-refractivity contribution is 0.0583. The number of amides is 1. The van der Waals surface area contributed by atoms with E-state index in [9.17, 15) is 9.90 Å². The van der Waals surface area contributed by atoms with Gasteiger partial charge in [0.15, 0.2) is 0 Å². The molecule has 106 valence electrons. The molecule has 1 saturated heterocycles. The standard InChI is InChI=1S/C12H20N4O2S/c1-12(2,3)10-9(19-15-14-10)11(18)16(4)7-5-13-6-8(7)17/h7-8,13,17H,5-6H2,1-4H3/t7-,8-/m0/s1. The van der Waals surface area contributed by atoms with Gasteiger partial charge in [-0.05, 0) is 11.5 Å². The summed E-state index contributed by atoms with van der Waals surface area (Å²) < 4.78 is 3.90. The summed E-state index contributed by atoms with van der Waals surface area (Å²) in [5.74, 6) is -0.118. The van der Waals surface area contributed by atoms with E-state index >= 15 is 0 Å². The fourth-order valence-corrected chi connectivity index (χ4v) is 3.04. The molecule has 0 unspecified atom stereocenters. The van der Waals surface area contributed by atoms with Crippen molar-refractivity contribution in [2.75, 3.05) is 20.1 Å². The molecule has 6 nitrogen and oxygen atoms in total. The van der Waals surface area contributed by atoms with Gasteiger partial charge in [-0.25, -0.2) is 0 Å². The molecule has 0 aromatic carbocycles. The summed E-state index contributed by atoms with van der Waals surface area (Å²) in [6.07, 6.45) is -0.520. The Morgan fingerprint density at radius 1 is 1.47 bits per heavy atom. The monoisotopic (exact) mass is 284 g/mol. The second kappa shape index (κ2) is 5.15. The van der Waals surface area contributed by atoms with E-state index in [0.29, 0.717) is 18.0 Å². The summed E-state index contributed by atoms with van der Waals surface area (Å²) in [4.78, 5) is 14.7. The predicted molar refractivity (Wildman–Crippen MR) is 73.4 cm³/mol. The smallest absolute Gasteiger partial charge is 0.267 e. The van der Waals surface area contributed by atoms with Crippen LogP contribution >= 0.6 is 11.5 Å². The molecule has 1 fully saturated rings. The Morgan fingerprint density at radius 2 is 2.16 bits per heavy atom. The molecule has 1 amide bonds. The topological polar surface area (TPSA) is 78.4 Å². The molecule has 2 rings (SSSR count).